The van der Waals surface area contributed by atoms with E-state index in [2.05, 4.69) is 148 Å². The van der Waals surface area contributed by atoms with Crippen molar-refractivity contribution in [2.45, 2.75) is 52.4 Å². The Morgan fingerprint density at radius 1 is 0.558 bits per heavy atom. The van der Waals surface area contributed by atoms with Gasteiger partial charge in [-0.05, 0) is 98.3 Å². The first-order valence-corrected chi connectivity index (χ1v) is 18.9. The van der Waals surface area contributed by atoms with Gasteiger partial charge in [0, 0.05) is 54.7 Å². The predicted octanol–water partition coefficient (Wildman–Crippen LogP) is 11.6. The molecule has 0 saturated heterocycles. The van der Waals surface area contributed by atoms with Crippen LogP contribution in [-0.2, 0) is 10.8 Å². The van der Waals surface area contributed by atoms with Gasteiger partial charge in [0.05, 0.1) is 12.0 Å². The molecule has 2 aliphatic rings. The molecule has 0 spiro atoms. The Balaban J connectivity index is 1.36. The first-order chi connectivity index (χ1) is 25.0. The van der Waals surface area contributed by atoms with Crippen LogP contribution in [0.5, 0.6) is 0 Å². The van der Waals surface area contributed by atoms with Gasteiger partial charge in [-0.3, -0.25) is 0 Å². The van der Waals surface area contributed by atoms with Gasteiger partial charge in [-0.1, -0.05) is 96.1 Å². The number of nitrogens with zero attached hydrogens (tertiary/aromatic N) is 2. The van der Waals surface area contributed by atoms with Crippen LogP contribution in [0.15, 0.2) is 126 Å². The van der Waals surface area contributed by atoms with Gasteiger partial charge in [-0.15, -0.1) is 11.3 Å². The van der Waals surface area contributed by atoms with E-state index in [-0.39, 0.29) is 23.4 Å². The minimum absolute atomic E-state index is 0.0496. The van der Waals surface area contributed by atoms with Crippen molar-refractivity contribution < 1.29 is 8.81 Å². The Morgan fingerprint density at radius 3 is 1.98 bits per heavy atom. The summed E-state index contributed by atoms with van der Waals surface area (Å²) >= 11 is 1.83. The monoisotopic (exact) mass is 696 g/mol. The smallest absolute Gasteiger partial charge is 0.252 e. The zero-order valence-electron chi connectivity index (χ0n) is 30.2. The van der Waals surface area contributed by atoms with Crippen molar-refractivity contribution in [1.29, 1.82) is 0 Å². The van der Waals surface area contributed by atoms with E-state index in [0.717, 1.165) is 50.7 Å². The molecule has 10 rings (SSSR count). The van der Waals surface area contributed by atoms with Gasteiger partial charge in [0.25, 0.3) is 6.71 Å². The molecule has 0 bridgehead atoms. The second-order valence-corrected chi connectivity index (χ2v) is 17.5. The van der Waals surface area contributed by atoms with Crippen molar-refractivity contribution in [3.8, 4) is 0 Å². The number of halogens is 1. The molecule has 0 radical (unpaired) electrons. The molecule has 0 fully saturated rings. The number of furan rings is 1. The highest BCUT2D eigenvalue weighted by Crippen LogP contribution is 2.49. The predicted molar refractivity (Wildman–Crippen MR) is 220 cm³/mol. The van der Waals surface area contributed by atoms with Crippen molar-refractivity contribution in [3.63, 3.8) is 0 Å². The topological polar surface area (TPSA) is 19.6 Å². The fourth-order valence-electron chi connectivity index (χ4n) is 8.73. The van der Waals surface area contributed by atoms with Crippen LogP contribution in [0, 0.1) is 5.82 Å². The summed E-state index contributed by atoms with van der Waals surface area (Å²) in [6, 6.07) is 41.1. The molecule has 0 unspecified atom stereocenters. The van der Waals surface area contributed by atoms with Gasteiger partial charge in [0.2, 0.25) is 0 Å². The number of para-hydroxylation sites is 1. The first kappa shape index (κ1) is 31.4. The van der Waals surface area contributed by atoms with Gasteiger partial charge in [0.15, 0.2) is 0 Å². The van der Waals surface area contributed by atoms with Gasteiger partial charge in [-0.25, -0.2) is 4.39 Å². The van der Waals surface area contributed by atoms with Crippen molar-refractivity contribution in [1.82, 2.24) is 0 Å². The Kier molecular flexibility index (Phi) is 6.55. The fourth-order valence-corrected chi connectivity index (χ4v) is 9.86. The average molecular weight is 697 g/mol. The van der Waals surface area contributed by atoms with E-state index in [9.17, 15) is 0 Å². The van der Waals surface area contributed by atoms with E-state index >= 15 is 4.39 Å². The molecule has 2 aliphatic heterocycles. The maximum absolute atomic E-state index is 15.2. The molecular weight excluding hydrogens is 658 g/mol. The quantitative estimate of drug-likeness (QED) is 0.168. The van der Waals surface area contributed by atoms with E-state index in [1.165, 1.54) is 42.1 Å². The van der Waals surface area contributed by atoms with E-state index in [0.29, 0.717) is 0 Å². The molecule has 0 N–H and O–H groups in total. The Hall–Kier alpha value is -5.33. The van der Waals surface area contributed by atoms with Gasteiger partial charge in [0.1, 0.15) is 11.4 Å². The Morgan fingerprint density at radius 2 is 1.21 bits per heavy atom. The molecule has 4 heterocycles. The summed E-state index contributed by atoms with van der Waals surface area (Å²) in [5.41, 5.74) is 13.1. The van der Waals surface area contributed by atoms with Crippen molar-refractivity contribution >= 4 is 99.7 Å². The number of rotatable bonds is 2. The third-order valence-corrected chi connectivity index (χ3v) is 12.2. The van der Waals surface area contributed by atoms with Crippen LogP contribution >= 0.6 is 11.3 Å². The van der Waals surface area contributed by atoms with Gasteiger partial charge < -0.3 is 14.2 Å². The van der Waals surface area contributed by atoms with Crippen LogP contribution in [0.4, 0.5) is 38.5 Å². The number of anilines is 6. The van der Waals surface area contributed by atoms with Crippen LogP contribution in [0.25, 0.3) is 31.1 Å². The Labute approximate surface area is 308 Å². The molecule has 0 aliphatic carbocycles. The van der Waals surface area contributed by atoms with Crippen molar-refractivity contribution in [2.24, 2.45) is 0 Å². The van der Waals surface area contributed by atoms with Crippen molar-refractivity contribution in [2.75, 3.05) is 9.80 Å². The zero-order chi connectivity index (χ0) is 35.7. The summed E-state index contributed by atoms with van der Waals surface area (Å²) in [6.07, 6.45) is 1.79. The minimum Gasteiger partial charge on any atom is -0.464 e. The summed E-state index contributed by atoms with van der Waals surface area (Å²) in [6.45, 7) is 13.3. The van der Waals surface area contributed by atoms with Gasteiger partial charge in [-0.2, -0.15) is 0 Å². The third kappa shape index (κ3) is 4.50. The maximum atomic E-state index is 15.2. The molecule has 0 atom stereocenters. The van der Waals surface area contributed by atoms with E-state index in [1.807, 2.05) is 17.4 Å². The average Bonchev–Trinajstić information content (AvgIpc) is 3.73. The first-order valence-electron chi connectivity index (χ1n) is 18.1. The maximum Gasteiger partial charge on any atom is 0.252 e. The normalized spacial score (nSPS) is 13.9. The Bertz CT molecular complexity index is 2760. The largest absolute Gasteiger partial charge is 0.464 e. The second kappa shape index (κ2) is 10.8. The lowest BCUT2D eigenvalue weighted by molar-refractivity contribution is 0.573. The zero-order valence-corrected chi connectivity index (χ0v) is 31.0. The number of benzene rings is 6. The minimum atomic E-state index is -0.303. The van der Waals surface area contributed by atoms with Gasteiger partial charge >= 0.3 is 0 Å². The van der Waals surface area contributed by atoms with Crippen LogP contribution in [0.1, 0.15) is 52.7 Å². The molecule has 3 nitrogen and oxygen atoms in total. The van der Waals surface area contributed by atoms with E-state index < -0.39 is 0 Å². The summed E-state index contributed by atoms with van der Waals surface area (Å²) < 4.78 is 23.8. The lowest BCUT2D eigenvalue weighted by atomic mass is 9.33. The van der Waals surface area contributed by atoms with Crippen LogP contribution in [0.3, 0.4) is 0 Å². The molecule has 0 saturated carbocycles. The number of thiophene rings is 1. The van der Waals surface area contributed by atoms with Crippen LogP contribution in [0.2, 0.25) is 0 Å². The molecular formula is C46H38BFN2OS. The number of hydrogen-bond acceptors (Lipinski definition) is 4. The molecule has 0 amide bonds. The molecule has 2 aromatic heterocycles. The second-order valence-electron chi connectivity index (χ2n) is 16.4. The highest BCUT2D eigenvalue weighted by atomic mass is 32.1. The standard InChI is InChI=1S/C46H38BFN2OS/c1-45(2,3)31-13-8-9-14-35(31)49-37-15-11-16-38-44(37)47(33-22-27-20-21-51-41(27)25-39(33)49)34-24-30-29-12-7-10-17-42(29)52-43(30)26-40(34)50(38)36-19-18-28(48)23-32(36)46(4,5)6/h7-26H,1-6H3. The summed E-state index contributed by atoms with van der Waals surface area (Å²) in [4.78, 5) is 4.88. The number of fused-ring (bicyclic) bond motifs is 8. The van der Waals surface area contributed by atoms with Crippen molar-refractivity contribution in [3.05, 3.63) is 138 Å². The summed E-state index contributed by atoms with van der Waals surface area (Å²) in [5, 5.41) is 3.63. The molecule has 52 heavy (non-hydrogen) atoms. The fraction of sp³-hybridized carbons (Fsp3) is 0.174. The lowest BCUT2D eigenvalue weighted by Crippen LogP contribution is -2.61. The van der Waals surface area contributed by atoms with E-state index in [1.54, 1.807) is 18.4 Å². The number of hydrogen-bond donors (Lipinski definition) is 0. The summed E-state index contributed by atoms with van der Waals surface area (Å²) in [7, 11) is 0. The SMILES string of the molecule is CC(C)(C)c1ccccc1N1c2cc3occc3cc2B2c3cc4c(cc3N(c3ccc(F)cc3C(C)(C)C)c3cccc1c32)sc1ccccc14. The third-order valence-electron chi connectivity index (χ3n) is 11.0. The molecule has 254 valence electrons. The molecule has 6 aromatic carbocycles. The molecule has 8 aromatic rings. The van der Waals surface area contributed by atoms with Crippen LogP contribution in [-0.4, -0.2) is 6.71 Å². The molecule has 6 heteroatoms. The summed E-state index contributed by atoms with van der Waals surface area (Å²) in [5.74, 6) is -0.221. The van der Waals surface area contributed by atoms with Crippen LogP contribution < -0.4 is 26.2 Å². The highest BCUT2D eigenvalue weighted by molar-refractivity contribution is 7.26. The highest BCUT2D eigenvalue weighted by Gasteiger charge is 2.45. The lowest BCUT2D eigenvalue weighted by Gasteiger charge is -2.45. The van der Waals surface area contributed by atoms with E-state index in [4.69, 9.17) is 4.42 Å².